The van der Waals surface area contributed by atoms with E-state index in [0.717, 1.165) is 18.7 Å². The van der Waals surface area contributed by atoms with E-state index in [1.54, 1.807) is 18.5 Å². The van der Waals surface area contributed by atoms with Crippen molar-refractivity contribution >= 4 is 17.9 Å². The molecule has 0 unspecified atom stereocenters. The van der Waals surface area contributed by atoms with E-state index in [0.29, 0.717) is 12.2 Å². The summed E-state index contributed by atoms with van der Waals surface area (Å²) in [5.41, 5.74) is 9.65. The number of pyridine rings is 1. The number of rotatable bonds is 8. The van der Waals surface area contributed by atoms with Gasteiger partial charge in [-0.25, -0.2) is 10.1 Å². The molecule has 0 spiro atoms. The summed E-state index contributed by atoms with van der Waals surface area (Å²) < 4.78 is 6.02. The van der Waals surface area contributed by atoms with Gasteiger partial charge in [0.15, 0.2) is 5.69 Å². The molecule has 146 valence electrons. The summed E-state index contributed by atoms with van der Waals surface area (Å²) in [6, 6.07) is 3.59. The molecule has 0 atom stereocenters. The van der Waals surface area contributed by atoms with E-state index in [1.165, 1.54) is 15.8 Å². The molecule has 28 heavy (non-hydrogen) atoms. The Kier molecular flexibility index (Phi) is 6.01. The summed E-state index contributed by atoms with van der Waals surface area (Å²) in [4.78, 5) is 17.8. The predicted octanol–water partition coefficient (Wildman–Crippen LogP) is -1.18. The number of nitrogens with zero attached hydrogens (tertiary/aromatic N) is 7. The van der Waals surface area contributed by atoms with Crippen LogP contribution in [0.1, 0.15) is 35.6 Å². The molecular formula is C16H21N10O2+. The summed E-state index contributed by atoms with van der Waals surface area (Å²) in [6.07, 6.45) is 4.77. The number of hydrogen-bond donors (Lipinski definition) is 3. The lowest BCUT2D eigenvalue weighted by Crippen LogP contribution is -3.10. The van der Waals surface area contributed by atoms with Gasteiger partial charge >= 0.3 is 0 Å². The van der Waals surface area contributed by atoms with Gasteiger partial charge in [-0.05, 0) is 30.2 Å². The number of aromatic nitrogens is 6. The molecule has 1 amide bonds. The van der Waals surface area contributed by atoms with Crippen LogP contribution in [0.15, 0.2) is 34.3 Å². The van der Waals surface area contributed by atoms with Gasteiger partial charge in [0.25, 0.3) is 5.91 Å². The molecule has 4 N–H and O–H groups in total. The van der Waals surface area contributed by atoms with Crippen molar-refractivity contribution in [1.29, 1.82) is 0 Å². The predicted molar refractivity (Wildman–Crippen MR) is 98.7 cm³/mol. The Morgan fingerprint density at radius 1 is 1.39 bits per heavy atom. The normalized spacial score (nSPS) is 11.4. The summed E-state index contributed by atoms with van der Waals surface area (Å²) in [5, 5.41) is 19.3. The lowest BCUT2D eigenvalue weighted by Gasteiger charge is -2.15. The first-order valence-corrected chi connectivity index (χ1v) is 8.74. The van der Waals surface area contributed by atoms with Crippen LogP contribution in [-0.4, -0.2) is 55.5 Å². The maximum absolute atomic E-state index is 12.6. The van der Waals surface area contributed by atoms with Gasteiger partial charge in [0.1, 0.15) is 12.2 Å². The maximum atomic E-state index is 12.6. The number of carbonyl (C=O) groups is 1. The number of nitrogen functional groups attached to an aromatic ring is 1. The van der Waals surface area contributed by atoms with Gasteiger partial charge in [-0.1, -0.05) is 11.3 Å². The van der Waals surface area contributed by atoms with Crippen molar-refractivity contribution in [3.63, 3.8) is 0 Å². The van der Waals surface area contributed by atoms with E-state index in [1.807, 2.05) is 6.07 Å². The van der Waals surface area contributed by atoms with E-state index in [9.17, 15) is 4.79 Å². The van der Waals surface area contributed by atoms with E-state index >= 15 is 0 Å². The molecule has 0 aliphatic heterocycles. The molecular weight excluding hydrogens is 364 g/mol. The minimum atomic E-state index is -0.497. The molecule has 3 aromatic rings. The number of hydrazone groups is 1. The summed E-state index contributed by atoms with van der Waals surface area (Å²) >= 11 is 0. The van der Waals surface area contributed by atoms with Crippen molar-refractivity contribution in [2.24, 2.45) is 5.10 Å². The van der Waals surface area contributed by atoms with Crippen LogP contribution in [-0.2, 0) is 6.54 Å². The number of anilines is 1. The second-order valence-electron chi connectivity index (χ2n) is 5.89. The zero-order valence-electron chi connectivity index (χ0n) is 15.5. The highest BCUT2D eigenvalue weighted by Gasteiger charge is 2.26. The van der Waals surface area contributed by atoms with Crippen LogP contribution >= 0.6 is 0 Å². The van der Waals surface area contributed by atoms with Gasteiger partial charge < -0.3 is 10.6 Å². The molecule has 12 heteroatoms. The maximum Gasteiger partial charge on any atom is 0.294 e. The fraction of sp³-hybridized carbons (Fsp3) is 0.312. The lowest BCUT2D eigenvalue weighted by atomic mass is 10.2. The van der Waals surface area contributed by atoms with Gasteiger partial charge in [-0.2, -0.15) is 9.78 Å². The van der Waals surface area contributed by atoms with Crippen LogP contribution in [0.3, 0.4) is 0 Å². The number of quaternary nitrogens is 1. The second kappa shape index (κ2) is 8.81. The van der Waals surface area contributed by atoms with E-state index < -0.39 is 5.91 Å². The third-order valence-electron chi connectivity index (χ3n) is 4.16. The number of hydrogen-bond acceptors (Lipinski definition) is 9. The van der Waals surface area contributed by atoms with Crippen molar-refractivity contribution in [2.45, 2.75) is 20.4 Å². The molecule has 0 saturated carbocycles. The van der Waals surface area contributed by atoms with Gasteiger partial charge in [0, 0.05) is 18.0 Å². The average Bonchev–Trinajstić information content (AvgIpc) is 3.32. The zero-order valence-corrected chi connectivity index (χ0v) is 15.5. The monoisotopic (exact) mass is 385 g/mol. The van der Waals surface area contributed by atoms with Gasteiger partial charge in [0.05, 0.1) is 19.3 Å². The third kappa shape index (κ3) is 4.17. The first-order chi connectivity index (χ1) is 13.6. The molecule has 3 aromatic heterocycles. The molecule has 0 radical (unpaired) electrons. The van der Waals surface area contributed by atoms with Crippen LogP contribution in [0.4, 0.5) is 5.82 Å². The Morgan fingerprint density at radius 3 is 2.86 bits per heavy atom. The van der Waals surface area contributed by atoms with Crippen molar-refractivity contribution in [3.8, 4) is 5.82 Å². The number of nitrogens with two attached hydrogens (primary N) is 1. The Bertz CT molecular complexity index is 946. The number of amides is 1. The average molecular weight is 385 g/mol. The SMILES string of the molecule is CC[NH+](CC)Cc1c(C(=O)N/N=C\c2cccnc2)nnn1-c1nonc1N. The minimum Gasteiger partial charge on any atom is -0.378 e. The number of carbonyl (C=O) groups excluding carboxylic acids is 1. The van der Waals surface area contributed by atoms with Crippen molar-refractivity contribution in [1.82, 2.24) is 35.7 Å². The van der Waals surface area contributed by atoms with Gasteiger partial charge in [-0.3, -0.25) is 9.78 Å². The Balaban J connectivity index is 1.87. The zero-order chi connectivity index (χ0) is 19.9. The first kappa shape index (κ1) is 19.1. The molecule has 3 heterocycles. The van der Waals surface area contributed by atoms with Crippen LogP contribution in [0.25, 0.3) is 5.82 Å². The smallest absolute Gasteiger partial charge is 0.294 e. The fourth-order valence-corrected chi connectivity index (χ4v) is 2.55. The Morgan fingerprint density at radius 2 is 2.21 bits per heavy atom. The second-order valence-corrected chi connectivity index (χ2v) is 5.89. The molecule has 0 aromatic carbocycles. The van der Waals surface area contributed by atoms with E-state index in [4.69, 9.17) is 5.73 Å². The third-order valence-corrected chi connectivity index (χ3v) is 4.16. The highest BCUT2D eigenvalue weighted by Crippen LogP contribution is 2.15. The van der Waals surface area contributed by atoms with E-state index in [2.05, 4.69) is 54.6 Å². The van der Waals surface area contributed by atoms with E-state index in [-0.39, 0.29) is 17.3 Å². The highest BCUT2D eigenvalue weighted by atomic mass is 16.6. The minimum absolute atomic E-state index is 0.0576. The lowest BCUT2D eigenvalue weighted by molar-refractivity contribution is -0.910. The van der Waals surface area contributed by atoms with Crippen LogP contribution < -0.4 is 16.1 Å². The van der Waals surface area contributed by atoms with Crippen molar-refractivity contribution in [2.75, 3.05) is 18.8 Å². The van der Waals surface area contributed by atoms with Crippen LogP contribution in [0.2, 0.25) is 0 Å². The fourth-order valence-electron chi connectivity index (χ4n) is 2.55. The molecule has 0 aliphatic carbocycles. The number of nitrogens with one attached hydrogen (secondary N) is 2. The molecule has 0 fully saturated rings. The Labute approximate surface area is 160 Å². The largest absolute Gasteiger partial charge is 0.378 e. The Hall–Kier alpha value is -3.67. The molecule has 12 nitrogen and oxygen atoms in total. The van der Waals surface area contributed by atoms with Crippen molar-refractivity contribution in [3.05, 3.63) is 41.5 Å². The highest BCUT2D eigenvalue weighted by molar-refractivity contribution is 5.94. The topological polar surface area (TPSA) is 154 Å². The van der Waals surface area contributed by atoms with Gasteiger partial charge in [0.2, 0.25) is 11.6 Å². The first-order valence-electron chi connectivity index (χ1n) is 8.74. The summed E-state index contributed by atoms with van der Waals surface area (Å²) in [7, 11) is 0. The molecule has 0 bridgehead atoms. The van der Waals surface area contributed by atoms with Gasteiger partial charge in [-0.15, -0.1) is 5.10 Å². The standard InChI is InChI=1S/C16H20N10O2/c1-3-25(4-2)10-12-13(20-24-26(12)15-14(17)22-28-23-15)16(27)21-19-9-11-6-5-7-18-8-11/h5-9H,3-4,10H2,1-2H3,(H2,17,22)(H,21,27)/p+1/b19-9-. The molecule has 0 aliphatic rings. The quantitative estimate of drug-likeness (QED) is 0.323. The molecule has 0 saturated heterocycles. The van der Waals surface area contributed by atoms with Crippen molar-refractivity contribution < 1.29 is 14.3 Å². The summed E-state index contributed by atoms with van der Waals surface area (Å²) in [5.74, 6) is -0.253. The van der Waals surface area contributed by atoms with Crippen LogP contribution in [0, 0.1) is 0 Å². The molecule has 3 rings (SSSR count). The summed E-state index contributed by atoms with van der Waals surface area (Å²) in [6.45, 7) is 6.30. The van der Waals surface area contributed by atoms with Crippen LogP contribution in [0.5, 0.6) is 0 Å².